The number of esters is 1. The summed E-state index contributed by atoms with van der Waals surface area (Å²) in [5.74, 6) is -2.69. The molecule has 0 radical (unpaired) electrons. The fourth-order valence-corrected chi connectivity index (χ4v) is 0.674. The number of aromatic nitrogens is 8. The molecule has 11 heteroatoms. The Morgan fingerprint density at radius 1 is 1.07 bits per heavy atom. The molecule has 0 spiro atoms. The van der Waals surface area contributed by atoms with E-state index in [2.05, 4.69) is 40.8 Å². The van der Waals surface area contributed by atoms with E-state index in [9.17, 15) is 9.59 Å². The van der Waals surface area contributed by atoms with Gasteiger partial charge < -0.3 is 4.74 Å². The molecule has 0 aromatic carbocycles. The van der Waals surface area contributed by atoms with Gasteiger partial charge in [0.15, 0.2) is 0 Å². The van der Waals surface area contributed by atoms with Crippen molar-refractivity contribution in [3.8, 4) is 6.01 Å². The van der Waals surface area contributed by atoms with Crippen molar-refractivity contribution in [2.24, 2.45) is 0 Å². The first-order chi connectivity index (χ1) is 7.27. The van der Waals surface area contributed by atoms with Gasteiger partial charge in [0.2, 0.25) is 0 Å². The summed E-state index contributed by atoms with van der Waals surface area (Å²) < 4.78 is 4.41. The summed E-state index contributed by atoms with van der Waals surface area (Å²) >= 11 is 0. The molecule has 2 N–H and O–H groups in total. The second-order valence-corrected chi connectivity index (χ2v) is 2.15. The van der Waals surface area contributed by atoms with Gasteiger partial charge in [0, 0.05) is 0 Å². The fraction of sp³-hybridized carbons (Fsp3) is 0. The third kappa shape index (κ3) is 1.79. The lowest BCUT2D eigenvalue weighted by atomic mass is 10.4. The molecule has 0 aliphatic carbocycles. The third-order valence-corrected chi connectivity index (χ3v) is 1.24. The maximum atomic E-state index is 11.2. The maximum absolute atomic E-state index is 11.2. The fourth-order valence-electron chi connectivity index (χ4n) is 0.674. The SMILES string of the molecule is O=C(Oc1nn[nH]n1)C(=O)c1nn[nH]n1. The van der Waals surface area contributed by atoms with Crippen molar-refractivity contribution < 1.29 is 14.3 Å². The Balaban J connectivity index is 2.06. The molecule has 0 fully saturated rings. The van der Waals surface area contributed by atoms with Crippen LogP contribution in [0.15, 0.2) is 0 Å². The predicted octanol–water partition coefficient (Wildman–Crippen LogP) is -2.50. The van der Waals surface area contributed by atoms with Crippen molar-refractivity contribution in [1.82, 2.24) is 41.2 Å². The summed E-state index contributed by atoms with van der Waals surface area (Å²) in [7, 11) is 0. The zero-order chi connectivity index (χ0) is 10.7. The van der Waals surface area contributed by atoms with Gasteiger partial charge in [0.05, 0.1) is 0 Å². The Morgan fingerprint density at radius 3 is 2.40 bits per heavy atom. The largest absolute Gasteiger partial charge is 0.391 e. The Morgan fingerprint density at radius 2 is 1.80 bits per heavy atom. The molecule has 0 unspecified atom stereocenters. The van der Waals surface area contributed by atoms with Gasteiger partial charge in [-0.1, -0.05) is 10.2 Å². The highest BCUT2D eigenvalue weighted by atomic mass is 16.6. The zero-order valence-corrected chi connectivity index (χ0v) is 6.91. The van der Waals surface area contributed by atoms with Crippen molar-refractivity contribution in [2.75, 3.05) is 0 Å². The van der Waals surface area contributed by atoms with E-state index < -0.39 is 17.6 Å². The van der Waals surface area contributed by atoms with Crippen molar-refractivity contribution >= 4 is 11.8 Å². The van der Waals surface area contributed by atoms with E-state index in [1.807, 2.05) is 5.21 Å². The molecule has 0 aliphatic heterocycles. The second-order valence-electron chi connectivity index (χ2n) is 2.15. The number of carbonyl (C=O) groups excluding carboxylic acids is 2. The molecule has 76 valence electrons. The van der Waals surface area contributed by atoms with Crippen LogP contribution in [-0.4, -0.2) is 53.0 Å². The minimum absolute atomic E-state index is 0.364. The van der Waals surface area contributed by atoms with Gasteiger partial charge in [-0.3, -0.25) is 4.79 Å². The lowest BCUT2D eigenvalue weighted by Gasteiger charge is -1.93. The van der Waals surface area contributed by atoms with Crippen LogP contribution in [0, 0.1) is 0 Å². The quantitative estimate of drug-likeness (QED) is 0.318. The molecule has 2 aromatic heterocycles. The van der Waals surface area contributed by atoms with E-state index in [0.29, 0.717) is 0 Å². The van der Waals surface area contributed by atoms with E-state index in [1.165, 1.54) is 0 Å². The van der Waals surface area contributed by atoms with E-state index >= 15 is 0 Å². The lowest BCUT2D eigenvalue weighted by molar-refractivity contribution is -0.130. The summed E-state index contributed by atoms with van der Waals surface area (Å²) in [4.78, 5) is 22.3. The minimum Gasteiger partial charge on any atom is -0.382 e. The van der Waals surface area contributed by atoms with Crippen LogP contribution in [0.2, 0.25) is 0 Å². The standard InChI is InChI=1S/C4H2N8O3/c13-1(2-5-9-10-6-2)3(14)15-4-7-11-12-8-4/h(H,5,6,9,10)(H,7,8,11,12). The minimum atomic E-state index is -1.22. The van der Waals surface area contributed by atoms with Crippen molar-refractivity contribution in [1.29, 1.82) is 0 Å². The molecule has 0 bridgehead atoms. The number of hydrogen-bond acceptors (Lipinski definition) is 9. The van der Waals surface area contributed by atoms with E-state index in [1.54, 1.807) is 0 Å². The molecular weight excluding hydrogens is 208 g/mol. The van der Waals surface area contributed by atoms with E-state index in [4.69, 9.17) is 0 Å². The highest BCUT2D eigenvalue weighted by molar-refractivity contribution is 6.39. The van der Waals surface area contributed by atoms with Gasteiger partial charge >= 0.3 is 17.8 Å². The summed E-state index contributed by atoms with van der Waals surface area (Å²) in [6.45, 7) is 0. The number of nitrogens with one attached hydrogen (secondary N) is 2. The normalized spacial score (nSPS) is 9.87. The maximum Gasteiger partial charge on any atom is 0.391 e. The van der Waals surface area contributed by atoms with Crippen LogP contribution in [0.25, 0.3) is 0 Å². The number of tetrazole rings is 2. The first-order valence-electron chi connectivity index (χ1n) is 3.51. The van der Waals surface area contributed by atoms with Crippen LogP contribution in [0.3, 0.4) is 0 Å². The summed E-state index contributed by atoms with van der Waals surface area (Å²) in [6, 6.07) is -0.364. The number of carbonyl (C=O) groups is 2. The zero-order valence-electron chi connectivity index (χ0n) is 6.91. The monoisotopic (exact) mass is 210 g/mol. The molecular formula is C4H2N8O3. The van der Waals surface area contributed by atoms with E-state index in [-0.39, 0.29) is 6.01 Å². The van der Waals surface area contributed by atoms with Crippen LogP contribution in [0.1, 0.15) is 10.6 Å². The number of rotatable bonds is 3. The third-order valence-electron chi connectivity index (χ3n) is 1.24. The first kappa shape index (κ1) is 8.86. The average Bonchev–Trinajstić information content (AvgIpc) is 2.88. The van der Waals surface area contributed by atoms with Crippen molar-refractivity contribution in [2.45, 2.75) is 0 Å². The highest BCUT2D eigenvalue weighted by Gasteiger charge is 2.24. The summed E-state index contributed by atoms with van der Waals surface area (Å²) in [6.07, 6.45) is 0. The second kappa shape index (κ2) is 3.57. The molecule has 15 heavy (non-hydrogen) atoms. The topological polar surface area (TPSA) is 152 Å². The summed E-state index contributed by atoms with van der Waals surface area (Å²) in [5, 5.41) is 23.5. The Bertz CT molecular complexity index is 460. The Hall–Kier alpha value is -2.72. The number of ketones is 1. The van der Waals surface area contributed by atoms with Gasteiger partial charge in [-0.15, -0.1) is 10.2 Å². The van der Waals surface area contributed by atoms with Gasteiger partial charge in [0.25, 0.3) is 5.82 Å². The molecule has 11 nitrogen and oxygen atoms in total. The molecule has 2 heterocycles. The van der Waals surface area contributed by atoms with Gasteiger partial charge in [-0.25, -0.2) is 4.79 Å². The van der Waals surface area contributed by atoms with Gasteiger partial charge in [-0.05, 0) is 10.4 Å². The number of Topliss-reactive ketones (excluding diaryl/α,β-unsaturated/α-hetero) is 1. The molecule has 2 rings (SSSR count). The van der Waals surface area contributed by atoms with Gasteiger partial charge in [0.1, 0.15) is 0 Å². The Kier molecular flexibility index (Phi) is 2.11. The number of nitrogens with zero attached hydrogens (tertiary/aromatic N) is 6. The lowest BCUT2D eigenvalue weighted by Crippen LogP contribution is -2.22. The van der Waals surface area contributed by atoms with Crippen molar-refractivity contribution in [3.63, 3.8) is 0 Å². The highest BCUT2D eigenvalue weighted by Crippen LogP contribution is 1.97. The molecule has 0 amide bonds. The van der Waals surface area contributed by atoms with Crippen LogP contribution >= 0.6 is 0 Å². The molecule has 0 saturated carbocycles. The van der Waals surface area contributed by atoms with E-state index in [0.717, 1.165) is 0 Å². The smallest absolute Gasteiger partial charge is 0.382 e. The number of H-pyrrole nitrogens is 2. The van der Waals surface area contributed by atoms with Gasteiger partial charge in [-0.2, -0.15) is 10.4 Å². The summed E-state index contributed by atoms with van der Waals surface area (Å²) in [5.41, 5.74) is 0. The Labute approximate surface area is 80.2 Å². The average molecular weight is 210 g/mol. The molecule has 0 aliphatic rings. The number of aromatic amines is 2. The number of ether oxygens (including phenoxy) is 1. The molecule has 2 aromatic rings. The van der Waals surface area contributed by atoms with Crippen LogP contribution in [0.5, 0.6) is 6.01 Å². The van der Waals surface area contributed by atoms with Crippen LogP contribution < -0.4 is 4.74 Å². The number of hydrogen-bond donors (Lipinski definition) is 2. The first-order valence-corrected chi connectivity index (χ1v) is 3.51. The molecule has 0 atom stereocenters. The van der Waals surface area contributed by atoms with Crippen LogP contribution in [0.4, 0.5) is 0 Å². The molecule has 0 saturated heterocycles. The predicted molar refractivity (Wildman–Crippen MR) is 38.3 cm³/mol. The van der Waals surface area contributed by atoms with Crippen LogP contribution in [-0.2, 0) is 4.79 Å². The van der Waals surface area contributed by atoms with Crippen molar-refractivity contribution in [3.05, 3.63) is 5.82 Å².